The molecular weight excluding hydrogens is 306 g/mol. The van der Waals surface area contributed by atoms with E-state index in [-0.39, 0.29) is 5.75 Å². The minimum Gasteiger partial charge on any atom is -0.507 e. The first-order valence-corrected chi connectivity index (χ1v) is 7.56. The van der Waals surface area contributed by atoms with Crippen LogP contribution in [0.2, 0.25) is 0 Å². The fraction of sp³-hybridized carbons (Fsp3) is 0. The van der Waals surface area contributed by atoms with Crippen molar-refractivity contribution in [2.24, 2.45) is 0 Å². The number of benzene rings is 3. The van der Waals surface area contributed by atoms with E-state index in [9.17, 15) is 5.11 Å². The number of hydrogen-bond acceptors (Lipinski definition) is 2. The summed E-state index contributed by atoms with van der Waals surface area (Å²) in [6, 6.07) is 21.1. The van der Waals surface area contributed by atoms with Crippen molar-refractivity contribution in [3.05, 3.63) is 72.3 Å². The van der Waals surface area contributed by atoms with Gasteiger partial charge >= 0.3 is 0 Å². The molecule has 114 valence electrons. The lowest BCUT2D eigenvalue weighted by molar-refractivity contribution is -0.499. The van der Waals surface area contributed by atoms with Crippen molar-refractivity contribution in [2.75, 3.05) is 5.32 Å². The van der Waals surface area contributed by atoms with Crippen LogP contribution in [0.3, 0.4) is 0 Å². The van der Waals surface area contributed by atoms with Crippen LogP contribution in [0.4, 0.5) is 5.69 Å². The maximum Gasteiger partial charge on any atom is 0.228 e. The first-order valence-electron chi connectivity index (χ1n) is 7.15. The Kier molecular flexibility index (Phi) is 4.49. The average Bonchev–Trinajstić information content (AvgIpc) is 2.58. The number of hydrazine groups is 1. The number of aromatic hydroxyl groups is 1. The van der Waals surface area contributed by atoms with E-state index in [1.165, 1.54) is 0 Å². The maximum atomic E-state index is 10.1. The summed E-state index contributed by atoms with van der Waals surface area (Å²) in [6.45, 7) is 0. The highest BCUT2D eigenvalue weighted by Gasteiger charge is 2.07. The van der Waals surface area contributed by atoms with Gasteiger partial charge in [-0.15, -0.1) is 10.5 Å². The highest BCUT2D eigenvalue weighted by atomic mass is 32.1. The summed E-state index contributed by atoms with van der Waals surface area (Å²) < 4.78 is 0. The van der Waals surface area contributed by atoms with Gasteiger partial charge in [-0.2, -0.15) is 0 Å². The summed E-state index contributed by atoms with van der Waals surface area (Å²) in [6.07, 6.45) is 1.69. The Morgan fingerprint density at radius 2 is 1.70 bits per heavy atom. The molecule has 3 aromatic carbocycles. The lowest BCUT2D eigenvalue weighted by atomic mass is 10.0. The lowest BCUT2D eigenvalue weighted by Crippen LogP contribution is -2.82. The first kappa shape index (κ1) is 15.0. The van der Waals surface area contributed by atoms with E-state index < -0.39 is 0 Å². The third-order valence-electron chi connectivity index (χ3n) is 3.38. The van der Waals surface area contributed by atoms with Gasteiger partial charge in [0, 0.05) is 5.69 Å². The molecule has 4 N–H and O–H groups in total. The Bertz CT molecular complexity index is 863. The van der Waals surface area contributed by atoms with E-state index in [0.29, 0.717) is 10.7 Å². The minimum atomic E-state index is 0.208. The molecule has 4 nitrogen and oxygen atoms in total. The molecule has 0 heterocycles. The number of rotatable bonds is 3. The smallest absolute Gasteiger partial charge is 0.228 e. The summed E-state index contributed by atoms with van der Waals surface area (Å²) in [7, 11) is 0. The zero-order chi connectivity index (χ0) is 16.1. The summed E-state index contributed by atoms with van der Waals surface area (Å²) in [5.41, 5.74) is 4.48. The molecule has 0 aromatic heterocycles. The van der Waals surface area contributed by atoms with Crippen molar-refractivity contribution < 1.29 is 10.2 Å². The number of anilines is 1. The van der Waals surface area contributed by atoms with Crippen LogP contribution >= 0.6 is 12.2 Å². The SMILES string of the molecule is Oc1ccc2ccccc2c1C=[NH+]NC(=S)Nc1ccccc1. The number of para-hydroxylation sites is 1. The zero-order valence-corrected chi connectivity index (χ0v) is 13.1. The second kappa shape index (κ2) is 6.89. The first-order chi connectivity index (χ1) is 11.2. The Hall–Kier alpha value is -2.92. The van der Waals surface area contributed by atoms with Crippen LogP contribution in [-0.2, 0) is 0 Å². The van der Waals surface area contributed by atoms with Gasteiger partial charge in [-0.05, 0) is 41.2 Å². The van der Waals surface area contributed by atoms with Gasteiger partial charge in [0.2, 0.25) is 11.3 Å². The Morgan fingerprint density at radius 3 is 2.52 bits per heavy atom. The van der Waals surface area contributed by atoms with Gasteiger partial charge in [0.05, 0.1) is 5.56 Å². The third-order valence-corrected chi connectivity index (χ3v) is 3.59. The van der Waals surface area contributed by atoms with Crippen molar-refractivity contribution in [1.82, 2.24) is 5.43 Å². The second-order valence-corrected chi connectivity index (χ2v) is 5.36. The van der Waals surface area contributed by atoms with Crippen molar-refractivity contribution >= 4 is 40.0 Å². The van der Waals surface area contributed by atoms with E-state index in [1.807, 2.05) is 60.7 Å². The van der Waals surface area contributed by atoms with E-state index in [4.69, 9.17) is 12.2 Å². The average molecular weight is 322 g/mol. The Morgan fingerprint density at radius 1 is 0.957 bits per heavy atom. The second-order valence-electron chi connectivity index (χ2n) is 4.95. The molecule has 0 atom stereocenters. The van der Waals surface area contributed by atoms with Crippen LogP contribution in [0.1, 0.15) is 5.56 Å². The predicted octanol–water partition coefficient (Wildman–Crippen LogP) is 1.95. The monoisotopic (exact) mass is 322 g/mol. The summed E-state index contributed by atoms with van der Waals surface area (Å²) in [4.78, 5) is 0. The highest BCUT2D eigenvalue weighted by molar-refractivity contribution is 7.80. The van der Waals surface area contributed by atoms with Gasteiger partial charge in [-0.1, -0.05) is 48.5 Å². The van der Waals surface area contributed by atoms with Gasteiger partial charge in [0.1, 0.15) is 5.75 Å². The number of nitrogens with one attached hydrogen (secondary N) is 3. The van der Waals surface area contributed by atoms with Crippen molar-refractivity contribution in [3.63, 3.8) is 0 Å². The third kappa shape index (κ3) is 3.64. The number of hydrogen-bond donors (Lipinski definition) is 4. The van der Waals surface area contributed by atoms with Gasteiger partial charge in [-0.25, -0.2) is 0 Å². The molecule has 0 bridgehead atoms. The van der Waals surface area contributed by atoms with Crippen molar-refractivity contribution in [2.45, 2.75) is 0 Å². The molecule has 0 radical (unpaired) electrons. The van der Waals surface area contributed by atoms with Crippen LogP contribution in [0.25, 0.3) is 10.8 Å². The van der Waals surface area contributed by atoms with Gasteiger partial charge in [-0.3, -0.25) is 0 Å². The lowest BCUT2D eigenvalue weighted by Gasteiger charge is -2.04. The molecule has 0 aliphatic carbocycles. The normalized spacial score (nSPS) is 10.8. The summed E-state index contributed by atoms with van der Waals surface area (Å²) in [5, 5.41) is 18.5. The number of fused-ring (bicyclic) bond motifs is 1. The number of thiocarbonyl (C=S) groups is 1. The van der Waals surface area contributed by atoms with E-state index >= 15 is 0 Å². The fourth-order valence-corrected chi connectivity index (χ4v) is 2.47. The molecule has 3 rings (SSSR count). The number of phenolic OH excluding ortho intramolecular Hbond substituents is 1. The van der Waals surface area contributed by atoms with E-state index in [0.717, 1.165) is 16.5 Å². The van der Waals surface area contributed by atoms with Crippen LogP contribution < -0.4 is 15.8 Å². The minimum absolute atomic E-state index is 0.208. The summed E-state index contributed by atoms with van der Waals surface area (Å²) in [5.74, 6) is 0.208. The largest absolute Gasteiger partial charge is 0.507 e. The molecule has 0 aliphatic rings. The molecule has 0 fully saturated rings. The summed E-state index contributed by atoms with van der Waals surface area (Å²) >= 11 is 5.21. The number of phenols is 1. The highest BCUT2D eigenvalue weighted by Crippen LogP contribution is 2.24. The topological polar surface area (TPSA) is 58.3 Å². The van der Waals surface area contributed by atoms with Gasteiger partial charge < -0.3 is 10.4 Å². The van der Waals surface area contributed by atoms with Crippen LogP contribution in [0.5, 0.6) is 5.75 Å². The van der Waals surface area contributed by atoms with E-state index in [2.05, 4.69) is 15.8 Å². The Labute approximate surface area is 139 Å². The van der Waals surface area contributed by atoms with Gasteiger partial charge in [0.25, 0.3) is 0 Å². The molecule has 0 spiro atoms. The number of hydrazone groups is 1. The Balaban J connectivity index is 1.73. The fourth-order valence-electron chi connectivity index (χ4n) is 2.29. The molecule has 0 amide bonds. The molecule has 23 heavy (non-hydrogen) atoms. The predicted molar refractivity (Wildman–Crippen MR) is 97.5 cm³/mol. The standard InChI is InChI=1S/C18H15N3OS/c22-17-11-10-13-6-4-5-9-15(13)16(17)12-19-21-18(23)20-14-7-2-1-3-8-14/h1-12,22H,(H2,20,21,23)/p+1. The molecular formula is C18H16N3OS+. The molecule has 0 unspecified atom stereocenters. The molecule has 0 saturated heterocycles. The van der Waals surface area contributed by atoms with Crippen LogP contribution in [0, 0.1) is 0 Å². The quantitative estimate of drug-likeness (QED) is 0.338. The molecule has 5 heteroatoms. The van der Waals surface area contributed by atoms with Gasteiger partial charge in [0.15, 0.2) is 0 Å². The molecule has 3 aromatic rings. The van der Waals surface area contributed by atoms with Crippen molar-refractivity contribution in [1.29, 1.82) is 0 Å². The maximum absolute atomic E-state index is 10.1. The van der Waals surface area contributed by atoms with Crippen molar-refractivity contribution in [3.8, 4) is 5.75 Å². The molecule has 0 aliphatic heterocycles. The van der Waals surface area contributed by atoms with Crippen LogP contribution in [0.15, 0.2) is 66.7 Å². The molecule has 0 saturated carbocycles. The van der Waals surface area contributed by atoms with Crippen LogP contribution in [-0.4, -0.2) is 16.4 Å². The van der Waals surface area contributed by atoms with E-state index in [1.54, 1.807) is 12.3 Å². The zero-order valence-electron chi connectivity index (χ0n) is 12.3.